The molecular weight excluding hydrogens is 368 g/mol. The second-order valence-corrected chi connectivity index (χ2v) is 8.22. The van der Waals surface area contributed by atoms with Crippen LogP contribution in [0.1, 0.15) is 43.2 Å². The number of anilines is 1. The number of benzene rings is 2. The van der Waals surface area contributed by atoms with Crippen molar-refractivity contribution in [3.8, 4) is 0 Å². The standard InChI is InChI=1S/C24H26N2O.ClH/c27-15-5-8-20-17-24(12-11-18-6-1-3-9-21(18)24)13-14-26(20)23-16-19-7-2-4-10-22(19)25-23;/h1-4,6-7,9-10,15-16,20,25H,5,8,11-14,17H2;1H. The van der Waals surface area contributed by atoms with Crippen molar-refractivity contribution < 1.29 is 4.79 Å². The van der Waals surface area contributed by atoms with Crippen LogP contribution in [-0.4, -0.2) is 23.9 Å². The van der Waals surface area contributed by atoms with Crippen LogP contribution in [0.25, 0.3) is 10.9 Å². The van der Waals surface area contributed by atoms with Gasteiger partial charge in [-0.15, -0.1) is 12.4 Å². The van der Waals surface area contributed by atoms with Gasteiger partial charge in [0.15, 0.2) is 0 Å². The Bertz CT molecular complexity index is 948. The summed E-state index contributed by atoms with van der Waals surface area (Å²) < 4.78 is 0. The lowest BCUT2D eigenvalue weighted by molar-refractivity contribution is -0.108. The van der Waals surface area contributed by atoms with Crippen LogP contribution in [0.5, 0.6) is 0 Å². The van der Waals surface area contributed by atoms with E-state index in [4.69, 9.17) is 0 Å². The van der Waals surface area contributed by atoms with Crippen molar-refractivity contribution in [3.63, 3.8) is 0 Å². The van der Waals surface area contributed by atoms with Crippen LogP contribution in [0.4, 0.5) is 5.82 Å². The van der Waals surface area contributed by atoms with E-state index < -0.39 is 0 Å². The third kappa shape index (κ3) is 3.12. The number of fused-ring (bicyclic) bond motifs is 3. The van der Waals surface area contributed by atoms with Gasteiger partial charge in [0.25, 0.3) is 0 Å². The first-order chi connectivity index (χ1) is 13.3. The van der Waals surface area contributed by atoms with E-state index in [-0.39, 0.29) is 12.4 Å². The second kappa shape index (κ2) is 7.63. The van der Waals surface area contributed by atoms with Gasteiger partial charge in [0, 0.05) is 29.9 Å². The van der Waals surface area contributed by atoms with Crippen LogP contribution < -0.4 is 4.90 Å². The van der Waals surface area contributed by atoms with E-state index in [1.807, 2.05) is 0 Å². The minimum atomic E-state index is 0. The van der Waals surface area contributed by atoms with Crippen LogP contribution in [0, 0.1) is 0 Å². The van der Waals surface area contributed by atoms with Crippen molar-refractivity contribution in [2.24, 2.45) is 0 Å². The summed E-state index contributed by atoms with van der Waals surface area (Å²) in [5.74, 6) is 1.20. The Morgan fingerprint density at radius 1 is 1.11 bits per heavy atom. The topological polar surface area (TPSA) is 36.1 Å². The Labute approximate surface area is 172 Å². The quantitative estimate of drug-likeness (QED) is 0.599. The van der Waals surface area contributed by atoms with Crippen molar-refractivity contribution in [2.45, 2.75) is 50.0 Å². The van der Waals surface area contributed by atoms with Crippen LogP contribution in [-0.2, 0) is 16.6 Å². The molecule has 1 fully saturated rings. The number of para-hydroxylation sites is 1. The molecule has 1 N–H and O–H groups in total. The molecule has 2 heterocycles. The Hall–Kier alpha value is -2.26. The van der Waals surface area contributed by atoms with Crippen molar-refractivity contribution in [3.05, 3.63) is 65.7 Å². The Morgan fingerprint density at radius 2 is 1.93 bits per heavy atom. The Morgan fingerprint density at radius 3 is 2.79 bits per heavy atom. The summed E-state index contributed by atoms with van der Waals surface area (Å²) in [6.45, 7) is 1.05. The molecule has 3 aromatic rings. The van der Waals surface area contributed by atoms with Gasteiger partial charge in [0.05, 0.1) is 0 Å². The van der Waals surface area contributed by atoms with Gasteiger partial charge >= 0.3 is 0 Å². The number of carbonyl (C=O) groups excluding carboxylic acids is 1. The number of nitrogens with zero attached hydrogens (tertiary/aromatic N) is 1. The summed E-state index contributed by atoms with van der Waals surface area (Å²) in [7, 11) is 0. The molecule has 2 aliphatic rings. The highest BCUT2D eigenvalue weighted by molar-refractivity contribution is 5.85. The number of halogens is 1. The van der Waals surface area contributed by atoms with Gasteiger partial charge in [-0.25, -0.2) is 0 Å². The summed E-state index contributed by atoms with van der Waals surface area (Å²) in [5.41, 5.74) is 4.59. The molecule has 1 aliphatic carbocycles. The van der Waals surface area contributed by atoms with Crippen LogP contribution in [0.15, 0.2) is 54.6 Å². The third-order valence-electron chi connectivity index (χ3n) is 6.80. The molecule has 2 aromatic carbocycles. The Balaban J connectivity index is 0.00000192. The number of carbonyl (C=O) groups is 1. The number of aryl methyl sites for hydroxylation is 1. The first-order valence-electron chi connectivity index (χ1n) is 10.2. The molecule has 3 nitrogen and oxygen atoms in total. The van der Waals surface area contributed by atoms with Crippen molar-refractivity contribution in [1.82, 2.24) is 4.98 Å². The fourth-order valence-electron chi connectivity index (χ4n) is 5.46. The molecule has 0 radical (unpaired) electrons. The van der Waals surface area contributed by atoms with E-state index in [1.165, 1.54) is 41.5 Å². The lowest BCUT2D eigenvalue weighted by Gasteiger charge is -2.46. The molecule has 1 aromatic heterocycles. The highest BCUT2D eigenvalue weighted by Gasteiger charge is 2.44. The number of hydrogen-bond acceptors (Lipinski definition) is 2. The number of aromatic amines is 1. The average Bonchev–Trinajstić information content (AvgIpc) is 3.29. The predicted octanol–water partition coefficient (Wildman–Crippen LogP) is 5.42. The van der Waals surface area contributed by atoms with E-state index >= 15 is 0 Å². The number of rotatable bonds is 4. The maximum Gasteiger partial charge on any atom is 0.120 e. The van der Waals surface area contributed by atoms with E-state index in [1.54, 1.807) is 5.56 Å². The fourth-order valence-corrected chi connectivity index (χ4v) is 5.46. The minimum Gasteiger partial charge on any atom is -0.355 e. The van der Waals surface area contributed by atoms with Gasteiger partial charge in [-0.3, -0.25) is 0 Å². The molecule has 2 atom stereocenters. The van der Waals surface area contributed by atoms with E-state index in [9.17, 15) is 4.79 Å². The highest BCUT2D eigenvalue weighted by Crippen LogP contribution is 2.49. The van der Waals surface area contributed by atoms with Gasteiger partial charge in [0.2, 0.25) is 0 Å². The number of hydrogen-bond donors (Lipinski definition) is 1. The molecule has 146 valence electrons. The zero-order chi connectivity index (χ0) is 18.3. The predicted molar refractivity (Wildman–Crippen MR) is 118 cm³/mol. The molecule has 1 spiro atoms. The number of H-pyrrole nitrogens is 1. The second-order valence-electron chi connectivity index (χ2n) is 8.22. The molecule has 0 amide bonds. The lowest BCUT2D eigenvalue weighted by Crippen LogP contribution is -2.48. The first kappa shape index (κ1) is 19.1. The van der Waals surface area contributed by atoms with Gasteiger partial charge in [-0.2, -0.15) is 0 Å². The van der Waals surface area contributed by atoms with Gasteiger partial charge in [-0.1, -0.05) is 42.5 Å². The molecular formula is C24H27ClN2O. The monoisotopic (exact) mass is 394 g/mol. The molecule has 28 heavy (non-hydrogen) atoms. The van der Waals surface area contributed by atoms with E-state index in [0.717, 1.165) is 25.7 Å². The summed E-state index contributed by atoms with van der Waals surface area (Å²) in [6.07, 6.45) is 7.44. The molecule has 4 heteroatoms. The third-order valence-corrected chi connectivity index (χ3v) is 6.80. The van der Waals surface area contributed by atoms with Crippen molar-refractivity contribution in [1.29, 1.82) is 0 Å². The highest BCUT2D eigenvalue weighted by atomic mass is 35.5. The van der Waals surface area contributed by atoms with Gasteiger partial charge in [-0.05, 0) is 60.8 Å². The summed E-state index contributed by atoms with van der Waals surface area (Å²) in [4.78, 5) is 17.2. The number of aromatic nitrogens is 1. The maximum atomic E-state index is 11.1. The summed E-state index contributed by atoms with van der Waals surface area (Å²) in [5, 5.41) is 1.26. The van der Waals surface area contributed by atoms with E-state index in [2.05, 4.69) is 64.5 Å². The van der Waals surface area contributed by atoms with E-state index in [0.29, 0.717) is 17.9 Å². The number of aldehydes is 1. The van der Waals surface area contributed by atoms with Gasteiger partial charge in [0.1, 0.15) is 12.1 Å². The number of nitrogens with one attached hydrogen (secondary N) is 1. The van der Waals surface area contributed by atoms with Crippen molar-refractivity contribution >= 4 is 35.4 Å². The zero-order valence-electron chi connectivity index (χ0n) is 16.1. The fraction of sp³-hybridized carbons (Fsp3) is 0.375. The molecule has 0 saturated carbocycles. The Kier molecular flexibility index (Phi) is 5.20. The average molecular weight is 395 g/mol. The van der Waals surface area contributed by atoms with Crippen LogP contribution in [0.3, 0.4) is 0 Å². The summed E-state index contributed by atoms with van der Waals surface area (Å²) in [6, 6.07) is 20.1. The normalized spacial score (nSPS) is 23.6. The minimum absolute atomic E-state index is 0. The maximum absolute atomic E-state index is 11.1. The number of piperidine rings is 1. The van der Waals surface area contributed by atoms with Crippen LogP contribution >= 0.6 is 12.4 Å². The zero-order valence-corrected chi connectivity index (χ0v) is 16.9. The molecule has 1 saturated heterocycles. The largest absolute Gasteiger partial charge is 0.355 e. The summed E-state index contributed by atoms with van der Waals surface area (Å²) >= 11 is 0. The smallest absolute Gasteiger partial charge is 0.120 e. The van der Waals surface area contributed by atoms with Gasteiger partial charge < -0.3 is 14.7 Å². The molecule has 2 unspecified atom stereocenters. The SMILES string of the molecule is Cl.O=CCCC1CC2(CCc3ccccc32)CCN1c1cc2ccccc2[nH]1. The lowest BCUT2D eigenvalue weighted by atomic mass is 9.70. The molecule has 5 rings (SSSR count). The first-order valence-corrected chi connectivity index (χ1v) is 10.2. The van der Waals surface area contributed by atoms with Crippen LogP contribution in [0.2, 0.25) is 0 Å². The van der Waals surface area contributed by atoms with Crippen molar-refractivity contribution in [2.75, 3.05) is 11.4 Å². The molecule has 0 bridgehead atoms. The molecule has 1 aliphatic heterocycles.